The molecule has 0 saturated heterocycles. The molecule has 8 rings (SSSR count). The lowest BCUT2D eigenvalue weighted by Gasteiger charge is -2.21. The molecule has 6 aromatic carbocycles. The maximum atomic E-state index is 2.46. The second-order valence-corrected chi connectivity index (χ2v) is 12.1. The lowest BCUT2D eigenvalue weighted by molar-refractivity contribution is 0.611. The molecule has 0 saturated carbocycles. The molecule has 0 amide bonds. The monoisotopic (exact) mass is 538 g/mol. The Morgan fingerprint density at radius 1 is 0.405 bits per heavy atom. The number of hydrogen-bond acceptors (Lipinski definition) is 0. The fraction of sp³-hybridized carbons (Fsp3) is 0.143. The summed E-state index contributed by atoms with van der Waals surface area (Å²) < 4.78 is 0. The van der Waals surface area contributed by atoms with Crippen LogP contribution in [0.3, 0.4) is 0 Å². The second-order valence-electron chi connectivity index (χ2n) is 12.1. The van der Waals surface area contributed by atoms with Crippen molar-refractivity contribution in [3.63, 3.8) is 0 Å². The molecule has 42 heavy (non-hydrogen) atoms. The summed E-state index contributed by atoms with van der Waals surface area (Å²) in [5.41, 5.74) is 14.1. The highest BCUT2D eigenvalue weighted by Crippen LogP contribution is 2.49. The van der Waals surface area contributed by atoms with Crippen molar-refractivity contribution in [1.82, 2.24) is 0 Å². The number of hydrogen-bond donors (Lipinski definition) is 0. The van der Waals surface area contributed by atoms with Gasteiger partial charge in [0.15, 0.2) is 0 Å². The van der Waals surface area contributed by atoms with Crippen LogP contribution in [0.25, 0.3) is 56.0 Å². The summed E-state index contributed by atoms with van der Waals surface area (Å²) in [6.07, 6.45) is 7.23. The maximum Gasteiger partial charge on any atom is 0.00552 e. The molecule has 0 radical (unpaired) electrons. The van der Waals surface area contributed by atoms with Crippen LogP contribution < -0.4 is 0 Å². The summed E-state index contributed by atoms with van der Waals surface area (Å²) in [5.74, 6) is 0.932. The Kier molecular flexibility index (Phi) is 5.97. The van der Waals surface area contributed by atoms with Gasteiger partial charge in [0.2, 0.25) is 0 Å². The average Bonchev–Trinajstić information content (AvgIpc) is 3.53. The summed E-state index contributed by atoms with van der Waals surface area (Å²) in [7, 11) is 0. The first-order valence-corrected chi connectivity index (χ1v) is 15.3. The molecule has 0 spiro atoms. The maximum absolute atomic E-state index is 2.46. The van der Waals surface area contributed by atoms with E-state index in [4.69, 9.17) is 0 Å². The molecule has 0 fully saturated rings. The summed E-state index contributed by atoms with van der Waals surface area (Å²) in [5, 5.41) is 5.25. The van der Waals surface area contributed by atoms with Crippen molar-refractivity contribution in [2.45, 2.75) is 38.5 Å². The molecule has 6 aromatic rings. The minimum atomic E-state index is 0.466. The molecule has 2 unspecified atom stereocenters. The Bertz CT molecular complexity index is 1910. The summed E-state index contributed by atoms with van der Waals surface area (Å²) in [6.45, 7) is 4.67. The minimum Gasteiger partial charge on any atom is -0.0652 e. The van der Waals surface area contributed by atoms with E-state index in [1.54, 1.807) is 0 Å². The third kappa shape index (κ3) is 3.97. The third-order valence-electron chi connectivity index (χ3n) is 9.78. The molecule has 0 bridgehead atoms. The van der Waals surface area contributed by atoms with Crippen LogP contribution in [0.1, 0.15) is 60.8 Å². The highest BCUT2D eigenvalue weighted by molar-refractivity contribution is 6.00. The molecule has 202 valence electrons. The van der Waals surface area contributed by atoms with Crippen LogP contribution in [0, 0.1) is 0 Å². The summed E-state index contributed by atoms with van der Waals surface area (Å²) in [6, 6.07) is 44.8. The highest BCUT2D eigenvalue weighted by Gasteiger charge is 2.29. The van der Waals surface area contributed by atoms with Crippen molar-refractivity contribution in [2.75, 3.05) is 0 Å². The standard InChI is InChI=1S/C42H34/c1-27-25-41-35(19-9-21-39(41)37-17-7-13-29-11-3-5-15-33(29)37)31(27)23-24-32-28(2)26-42-36(32)20-10-22-40(42)38-18-8-14-30-12-4-6-16-34(30)38/h3-22,25-26,31-32H,23-24H2,1-2H3. The topological polar surface area (TPSA) is 0 Å². The summed E-state index contributed by atoms with van der Waals surface area (Å²) >= 11 is 0. The SMILES string of the molecule is CC1=Cc2c(-c3cccc4ccccc34)cccc2C1CCC1C(C)=Cc2c(-c3cccc4ccccc34)cccc21. The Morgan fingerprint density at radius 3 is 1.26 bits per heavy atom. The van der Waals surface area contributed by atoms with Gasteiger partial charge in [0.05, 0.1) is 0 Å². The van der Waals surface area contributed by atoms with Crippen LogP contribution in [-0.2, 0) is 0 Å². The van der Waals surface area contributed by atoms with Gasteiger partial charge in [-0.1, -0.05) is 145 Å². The Morgan fingerprint density at radius 2 is 0.786 bits per heavy atom. The third-order valence-corrected chi connectivity index (χ3v) is 9.78. The molecule has 2 atom stereocenters. The van der Waals surface area contributed by atoms with E-state index in [0.29, 0.717) is 11.8 Å². The molecule has 2 aliphatic rings. The first-order valence-electron chi connectivity index (χ1n) is 15.3. The summed E-state index contributed by atoms with van der Waals surface area (Å²) in [4.78, 5) is 0. The van der Waals surface area contributed by atoms with E-state index in [1.807, 2.05) is 0 Å². The fourth-order valence-electron chi connectivity index (χ4n) is 7.73. The Hall–Kier alpha value is -4.68. The van der Waals surface area contributed by atoms with Crippen LogP contribution in [0.2, 0.25) is 0 Å². The Balaban J connectivity index is 1.12. The molecule has 0 heterocycles. The quantitative estimate of drug-likeness (QED) is 0.205. The van der Waals surface area contributed by atoms with Crippen molar-refractivity contribution < 1.29 is 0 Å². The fourth-order valence-corrected chi connectivity index (χ4v) is 7.73. The van der Waals surface area contributed by atoms with E-state index in [1.165, 1.54) is 77.2 Å². The van der Waals surface area contributed by atoms with Crippen molar-refractivity contribution in [2.24, 2.45) is 0 Å². The van der Waals surface area contributed by atoms with Crippen molar-refractivity contribution >= 4 is 33.7 Å². The van der Waals surface area contributed by atoms with Gasteiger partial charge in [-0.2, -0.15) is 0 Å². The van der Waals surface area contributed by atoms with E-state index in [9.17, 15) is 0 Å². The van der Waals surface area contributed by atoms with Crippen molar-refractivity contribution in [3.8, 4) is 22.3 Å². The van der Waals surface area contributed by atoms with Gasteiger partial charge in [-0.15, -0.1) is 0 Å². The van der Waals surface area contributed by atoms with E-state index in [2.05, 4.69) is 147 Å². The zero-order valence-electron chi connectivity index (χ0n) is 24.3. The first-order chi connectivity index (χ1) is 20.7. The zero-order valence-corrected chi connectivity index (χ0v) is 24.3. The molecule has 2 aliphatic carbocycles. The number of allylic oxidation sites excluding steroid dienone is 2. The number of rotatable bonds is 5. The molecule has 0 N–H and O–H groups in total. The normalized spacial score (nSPS) is 17.3. The van der Waals surface area contributed by atoms with Crippen molar-refractivity contribution in [3.05, 3.63) is 155 Å². The van der Waals surface area contributed by atoms with E-state index in [0.717, 1.165) is 12.8 Å². The Labute approximate surface area is 248 Å². The van der Waals surface area contributed by atoms with Gasteiger partial charge >= 0.3 is 0 Å². The highest BCUT2D eigenvalue weighted by atomic mass is 14.3. The largest absolute Gasteiger partial charge is 0.0652 e. The van der Waals surface area contributed by atoms with Gasteiger partial charge < -0.3 is 0 Å². The minimum absolute atomic E-state index is 0.466. The molecular weight excluding hydrogens is 504 g/mol. The van der Waals surface area contributed by atoms with Gasteiger partial charge in [-0.3, -0.25) is 0 Å². The van der Waals surface area contributed by atoms with Crippen molar-refractivity contribution in [1.29, 1.82) is 0 Å². The predicted molar refractivity (Wildman–Crippen MR) is 181 cm³/mol. The molecule has 0 heteroatoms. The molecule has 0 nitrogen and oxygen atoms in total. The van der Waals surface area contributed by atoms with Crippen LogP contribution in [0.5, 0.6) is 0 Å². The van der Waals surface area contributed by atoms with E-state index < -0.39 is 0 Å². The van der Waals surface area contributed by atoms with Gasteiger partial charge in [0.25, 0.3) is 0 Å². The van der Waals surface area contributed by atoms with Crippen LogP contribution >= 0.6 is 0 Å². The predicted octanol–water partition coefficient (Wildman–Crippen LogP) is 11.8. The smallest absolute Gasteiger partial charge is 0.00552 e. The van der Waals surface area contributed by atoms with E-state index >= 15 is 0 Å². The lowest BCUT2D eigenvalue weighted by Crippen LogP contribution is -2.04. The van der Waals surface area contributed by atoms with Crippen LogP contribution in [0.4, 0.5) is 0 Å². The molecule has 0 aromatic heterocycles. The lowest BCUT2D eigenvalue weighted by atomic mass is 9.83. The molecular formula is C42H34. The van der Waals surface area contributed by atoms with E-state index in [-0.39, 0.29) is 0 Å². The second kappa shape index (κ2) is 10.00. The van der Waals surface area contributed by atoms with Crippen LogP contribution in [0.15, 0.2) is 132 Å². The average molecular weight is 539 g/mol. The van der Waals surface area contributed by atoms with Gasteiger partial charge in [-0.05, 0) is 92.7 Å². The zero-order chi connectivity index (χ0) is 28.2. The molecule has 0 aliphatic heterocycles. The number of benzene rings is 6. The number of fused-ring (bicyclic) bond motifs is 4. The van der Waals surface area contributed by atoms with Gasteiger partial charge in [0.1, 0.15) is 0 Å². The van der Waals surface area contributed by atoms with Crippen LogP contribution in [-0.4, -0.2) is 0 Å². The first kappa shape index (κ1) is 25.1. The van der Waals surface area contributed by atoms with Gasteiger partial charge in [-0.25, -0.2) is 0 Å². The van der Waals surface area contributed by atoms with Gasteiger partial charge in [0, 0.05) is 11.8 Å².